The van der Waals surface area contributed by atoms with Crippen molar-refractivity contribution >= 4 is 7.12 Å². The molecule has 0 aromatic carbocycles. The summed E-state index contributed by atoms with van der Waals surface area (Å²) >= 11 is 0. The summed E-state index contributed by atoms with van der Waals surface area (Å²) in [6, 6.07) is 0. The van der Waals surface area contributed by atoms with Crippen molar-refractivity contribution in [3.8, 4) is 0 Å². The molecule has 2 N–H and O–H groups in total. The standard InChI is InChI=1S/C7H9BF2O2/c1-4-2-3-5(8(11)12)7(10)6(4)9/h11-12H,2-3H2,1H3. The van der Waals surface area contributed by atoms with Crippen LogP contribution in [0.25, 0.3) is 0 Å². The van der Waals surface area contributed by atoms with Crippen LogP contribution in [-0.4, -0.2) is 17.2 Å². The minimum Gasteiger partial charge on any atom is -0.423 e. The Bertz CT molecular complexity index is 258. The molecular formula is C7H9BF2O2. The zero-order valence-corrected chi connectivity index (χ0v) is 6.64. The van der Waals surface area contributed by atoms with E-state index in [1.807, 2.05) is 0 Å². The van der Waals surface area contributed by atoms with Crippen molar-refractivity contribution in [3.63, 3.8) is 0 Å². The molecule has 0 amide bonds. The fourth-order valence-electron chi connectivity index (χ4n) is 1.11. The Morgan fingerprint density at radius 3 is 2.25 bits per heavy atom. The Morgan fingerprint density at radius 1 is 1.17 bits per heavy atom. The lowest BCUT2D eigenvalue weighted by Gasteiger charge is -2.14. The van der Waals surface area contributed by atoms with E-state index in [0.29, 0.717) is 12.0 Å². The first-order chi connectivity index (χ1) is 5.54. The number of hydrogen-bond acceptors (Lipinski definition) is 2. The smallest absolute Gasteiger partial charge is 0.423 e. The van der Waals surface area contributed by atoms with E-state index in [2.05, 4.69) is 0 Å². The molecule has 1 aliphatic rings. The average Bonchev–Trinajstić information content (AvgIpc) is 2.00. The summed E-state index contributed by atoms with van der Waals surface area (Å²) in [5.41, 5.74) is 0.0509. The first kappa shape index (κ1) is 9.41. The van der Waals surface area contributed by atoms with Crippen LogP contribution in [0.4, 0.5) is 8.78 Å². The van der Waals surface area contributed by atoms with E-state index in [-0.39, 0.29) is 11.9 Å². The lowest BCUT2D eigenvalue weighted by atomic mass is 9.73. The van der Waals surface area contributed by atoms with Crippen LogP contribution in [0.15, 0.2) is 22.7 Å². The summed E-state index contributed by atoms with van der Waals surface area (Å²) in [5.74, 6) is -2.07. The van der Waals surface area contributed by atoms with Crippen molar-refractivity contribution in [2.24, 2.45) is 0 Å². The van der Waals surface area contributed by atoms with E-state index >= 15 is 0 Å². The van der Waals surface area contributed by atoms with Gasteiger partial charge in [0.1, 0.15) is 0 Å². The molecule has 0 aromatic rings. The maximum absolute atomic E-state index is 12.9. The molecule has 0 aliphatic heterocycles. The minimum atomic E-state index is -1.89. The van der Waals surface area contributed by atoms with Crippen LogP contribution < -0.4 is 0 Å². The molecule has 0 atom stereocenters. The second-order valence-corrected chi connectivity index (χ2v) is 2.81. The Morgan fingerprint density at radius 2 is 1.75 bits per heavy atom. The molecule has 2 nitrogen and oxygen atoms in total. The molecule has 0 heterocycles. The molecule has 12 heavy (non-hydrogen) atoms. The molecule has 0 radical (unpaired) electrons. The van der Waals surface area contributed by atoms with Crippen molar-refractivity contribution in [3.05, 3.63) is 22.7 Å². The number of halogens is 2. The predicted octanol–water partition coefficient (Wildman–Crippen LogP) is 1.26. The predicted molar refractivity (Wildman–Crippen MR) is 41.4 cm³/mol. The molecule has 0 aromatic heterocycles. The zero-order valence-electron chi connectivity index (χ0n) is 6.64. The third-order valence-electron chi connectivity index (χ3n) is 1.93. The van der Waals surface area contributed by atoms with Gasteiger partial charge in [-0.1, -0.05) is 0 Å². The fraction of sp³-hybridized carbons (Fsp3) is 0.429. The highest BCUT2D eigenvalue weighted by molar-refractivity contribution is 6.51. The minimum absolute atomic E-state index is 0.169. The van der Waals surface area contributed by atoms with Crippen LogP contribution in [0.3, 0.4) is 0 Å². The highest BCUT2D eigenvalue weighted by Gasteiger charge is 2.27. The van der Waals surface area contributed by atoms with Crippen LogP contribution in [0, 0.1) is 0 Å². The summed E-state index contributed by atoms with van der Waals surface area (Å²) in [5, 5.41) is 17.2. The quantitative estimate of drug-likeness (QED) is 0.587. The van der Waals surface area contributed by atoms with Gasteiger partial charge in [0.15, 0.2) is 11.7 Å². The Labute approximate surface area is 69.4 Å². The van der Waals surface area contributed by atoms with Crippen molar-refractivity contribution in [1.82, 2.24) is 0 Å². The fourth-order valence-corrected chi connectivity index (χ4v) is 1.11. The summed E-state index contributed by atoms with van der Waals surface area (Å²) < 4.78 is 25.7. The summed E-state index contributed by atoms with van der Waals surface area (Å²) in [7, 11) is -1.89. The topological polar surface area (TPSA) is 40.5 Å². The highest BCUT2D eigenvalue weighted by atomic mass is 19.2. The van der Waals surface area contributed by atoms with Crippen LogP contribution >= 0.6 is 0 Å². The van der Waals surface area contributed by atoms with Gasteiger partial charge in [-0.25, -0.2) is 8.78 Å². The lowest BCUT2D eigenvalue weighted by Crippen LogP contribution is -2.19. The van der Waals surface area contributed by atoms with Crippen molar-refractivity contribution in [2.45, 2.75) is 19.8 Å². The molecule has 0 unspecified atom stereocenters. The maximum Gasteiger partial charge on any atom is 0.487 e. The van der Waals surface area contributed by atoms with Gasteiger partial charge in [0.25, 0.3) is 0 Å². The molecule has 1 aliphatic carbocycles. The van der Waals surface area contributed by atoms with Gasteiger partial charge in [0.2, 0.25) is 0 Å². The first-order valence-electron chi connectivity index (χ1n) is 3.64. The molecule has 0 spiro atoms. The molecular weight excluding hydrogens is 165 g/mol. The van der Waals surface area contributed by atoms with Crippen molar-refractivity contribution in [1.29, 1.82) is 0 Å². The third kappa shape index (κ3) is 1.56. The van der Waals surface area contributed by atoms with E-state index in [9.17, 15) is 8.78 Å². The monoisotopic (exact) mass is 174 g/mol. The SMILES string of the molecule is CC1=C(F)C(F)=C(B(O)O)CC1. The zero-order chi connectivity index (χ0) is 9.30. The second kappa shape index (κ2) is 3.37. The van der Waals surface area contributed by atoms with E-state index < -0.39 is 18.8 Å². The van der Waals surface area contributed by atoms with Crippen LogP contribution in [0.5, 0.6) is 0 Å². The van der Waals surface area contributed by atoms with Gasteiger partial charge in [-0.05, 0) is 30.8 Å². The normalized spacial score (nSPS) is 18.8. The van der Waals surface area contributed by atoms with Crippen molar-refractivity contribution in [2.75, 3.05) is 0 Å². The average molecular weight is 174 g/mol. The molecule has 1 rings (SSSR count). The molecule has 66 valence electrons. The summed E-state index contributed by atoms with van der Waals surface area (Å²) in [6.07, 6.45) is 0.509. The van der Waals surface area contributed by atoms with E-state index in [4.69, 9.17) is 10.0 Å². The molecule has 0 saturated carbocycles. The highest BCUT2D eigenvalue weighted by Crippen LogP contribution is 2.31. The summed E-state index contributed by atoms with van der Waals surface area (Å²) in [4.78, 5) is 0. The van der Waals surface area contributed by atoms with Gasteiger partial charge in [-0.2, -0.15) is 0 Å². The Balaban J connectivity index is 3.03. The van der Waals surface area contributed by atoms with E-state index in [1.54, 1.807) is 0 Å². The van der Waals surface area contributed by atoms with Crippen LogP contribution in [-0.2, 0) is 0 Å². The first-order valence-corrected chi connectivity index (χ1v) is 3.64. The third-order valence-corrected chi connectivity index (χ3v) is 1.93. The maximum atomic E-state index is 12.9. The molecule has 5 heteroatoms. The lowest BCUT2D eigenvalue weighted by molar-refractivity contribution is 0.408. The van der Waals surface area contributed by atoms with E-state index in [1.165, 1.54) is 6.92 Å². The van der Waals surface area contributed by atoms with E-state index in [0.717, 1.165) is 0 Å². The van der Waals surface area contributed by atoms with Gasteiger partial charge in [0, 0.05) is 0 Å². The van der Waals surface area contributed by atoms with Crippen LogP contribution in [0.1, 0.15) is 19.8 Å². The molecule has 0 fully saturated rings. The number of hydrogen-bond donors (Lipinski definition) is 2. The Hall–Kier alpha value is -0.675. The van der Waals surface area contributed by atoms with Gasteiger partial charge >= 0.3 is 7.12 Å². The molecule has 0 bridgehead atoms. The molecule has 0 saturated heterocycles. The number of allylic oxidation sites excluding steroid dienone is 4. The van der Waals surface area contributed by atoms with Gasteiger partial charge in [-0.3, -0.25) is 0 Å². The van der Waals surface area contributed by atoms with Gasteiger partial charge in [0.05, 0.1) is 0 Å². The Kier molecular flexibility index (Phi) is 2.64. The largest absolute Gasteiger partial charge is 0.487 e. The van der Waals surface area contributed by atoms with Crippen LogP contribution in [0.2, 0.25) is 0 Å². The number of rotatable bonds is 1. The van der Waals surface area contributed by atoms with Gasteiger partial charge in [-0.15, -0.1) is 0 Å². The summed E-state index contributed by atoms with van der Waals surface area (Å²) in [6.45, 7) is 1.48. The van der Waals surface area contributed by atoms with Gasteiger partial charge < -0.3 is 10.0 Å². The van der Waals surface area contributed by atoms with Crippen molar-refractivity contribution < 1.29 is 18.8 Å². The second-order valence-electron chi connectivity index (χ2n) is 2.81.